The molecule has 10 aromatic rings. The molecular weight excluding hydrogens is 823 g/mol. The van der Waals surface area contributed by atoms with Crippen molar-refractivity contribution in [2.75, 3.05) is 0 Å². The lowest BCUT2D eigenvalue weighted by Crippen LogP contribution is -2.76. The van der Waals surface area contributed by atoms with Crippen LogP contribution in [0.2, 0.25) is 0 Å². The van der Waals surface area contributed by atoms with Gasteiger partial charge in [-0.05, 0) is 102 Å². The molecule has 0 bridgehead atoms. The summed E-state index contributed by atoms with van der Waals surface area (Å²) in [7, 11) is -5.81. The maximum atomic E-state index is 7.21. The third-order valence-electron chi connectivity index (χ3n) is 13.5. The van der Waals surface area contributed by atoms with E-state index in [4.69, 9.17) is 14.5 Å². The minimum Gasteiger partial charge on any atom is -0.457 e. The number of ether oxygens (including phenoxy) is 2. The maximum Gasteiger partial charge on any atom is 0.188 e. The number of fused-ring (bicyclic) bond motifs is 4. The summed E-state index contributed by atoms with van der Waals surface area (Å²) in [5.41, 5.74) is 7.00. The van der Waals surface area contributed by atoms with Gasteiger partial charge in [-0.1, -0.05) is 206 Å². The van der Waals surface area contributed by atoms with E-state index in [2.05, 4.69) is 250 Å². The van der Waals surface area contributed by atoms with E-state index < -0.39 is 16.1 Å². The van der Waals surface area contributed by atoms with E-state index in [1.165, 1.54) is 47.1 Å². The Kier molecular flexibility index (Phi) is 9.40. The molecule has 65 heavy (non-hydrogen) atoms. The van der Waals surface area contributed by atoms with Crippen molar-refractivity contribution in [3.05, 3.63) is 248 Å². The van der Waals surface area contributed by atoms with Crippen molar-refractivity contribution < 1.29 is 9.47 Å². The summed E-state index contributed by atoms with van der Waals surface area (Å²) in [6.45, 7) is 2.18. The van der Waals surface area contributed by atoms with Crippen LogP contribution >= 0.6 is 0 Å². The Morgan fingerprint density at radius 1 is 0.323 bits per heavy atom. The van der Waals surface area contributed by atoms with Crippen LogP contribution in [0.3, 0.4) is 0 Å². The number of nitrogens with zero attached hydrogens (tertiary/aromatic N) is 1. The molecule has 2 aliphatic rings. The predicted octanol–water partition coefficient (Wildman–Crippen LogP) is 9.36. The second kappa shape index (κ2) is 15.8. The van der Waals surface area contributed by atoms with Gasteiger partial charge < -0.3 is 9.47 Å². The summed E-state index contributed by atoms with van der Waals surface area (Å²) < 4.78 is 14.4. The van der Waals surface area contributed by atoms with Crippen LogP contribution < -0.4 is 51.0 Å². The average molecular weight is 866 g/mol. The summed E-state index contributed by atoms with van der Waals surface area (Å²) >= 11 is 0. The Bertz CT molecular complexity index is 3110. The van der Waals surface area contributed by atoms with Gasteiger partial charge >= 0.3 is 0 Å². The van der Waals surface area contributed by atoms with Gasteiger partial charge in [-0.25, -0.2) is 4.98 Å². The Balaban J connectivity index is 1.14. The highest BCUT2D eigenvalue weighted by Gasteiger charge is 2.50. The Morgan fingerprint density at radius 3 is 1.08 bits per heavy atom. The maximum absolute atomic E-state index is 7.21. The zero-order valence-corrected chi connectivity index (χ0v) is 37.9. The van der Waals surface area contributed by atoms with E-state index in [1.54, 1.807) is 0 Å². The SMILES string of the molecule is Cc1ccccc1-c1cc(-c2cccc3c2Oc2ccccc2[Si]3(c2ccccc2)c2ccccc2)nc(-c2cccc3c2Oc2ccccc2[Si]3(c2ccccc2)c2ccccc2)c1. The number of para-hydroxylation sites is 4. The largest absolute Gasteiger partial charge is 0.457 e. The number of hydrogen-bond donors (Lipinski definition) is 0. The van der Waals surface area contributed by atoms with E-state index in [-0.39, 0.29) is 0 Å². The first-order valence-electron chi connectivity index (χ1n) is 22.3. The van der Waals surface area contributed by atoms with Crippen molar-refractivity contribution >= 4 is 57.6 Å². The Labute approximate surface area is 382 Å². The van der Waals surface area contributed by atoms with Gasteiger partial charge in [0.2, 0.25) is 0 Å². The van der Waals surface area contributed by atoms with Gasteiger partial charge in [0.25, 0.3) is 0 Å². The molecule has 1 aromatic heterocycles. The first-order chi connectivity index (χ1) is 32.2. The lowest BCUT2D eigenvalue weighted by Gasteiger charge is -2.40. The van der Waals surface area contributed by atoms with Gasteiger partial charge in [0.1, 0.15) is 23.0 Å². The molecule has 0 spiro atoms. The summed E-state index contributed by atoms with van der Waals surface area (Å²) in [6.07, 6.45) is 0. The van der Waals surface area contributed by atoms with Gasteiger partial charge in [0.05, 0.1) is 11.4 Å². The third-order valence-corrected chi connectivity index (χ3v) is 23.1. The molecule has 12 rings (SSSR count). The smallest absolute Gasteiger partial charge is 0.188 e. The second-order valence-corrected chi connectivity index (χ2v) is 24.4. The van der Waals surface area contributed by atoms with E-state index in [1.807, 2.05) is 0 Å². The Morgan fingerprint density at radius 2 is 0.662 bits per heavy atom. The topological polar surface area (TPSA) is 31.4 Å². The molecule has 0 fully saturated rings. The Hall–Kier alpha value is -7.84. The summed E-state index contributed by atoms with van der Waals surface area (Å²) in [5, 5.41) is 10.1. The molecule has 0 N–H and O–H groups in total. The van der Waals surface area contributed by atoms with E-state index in [0.29, 0.717) is 0 Å². The first-order valence-corrected chi connectivity index (χ1v) is 26.3. The highest BCUT2D eigenvalue weighted by atomic mass is 28.3. The molecule has 9 aromatic carbocycles. The molecule has 3 nitrogen and oxygen atoms in total. The van der Waals surface area contributed by atoms with Crippen LogP contribution in [0.25, 0.3) is 33.6 Å². The fraction of sp³-hybridized carbons (Fsp3) is 0.0167. The lowest BCUT2D eigenvalue weighted by atomic mass is 9.96. The highest BCUT2D eigenvalue weighted by Crippen LogP contribution is 2.42. The molecule has 3 heterocycles. The number of pyridine rings is 1. The minimum absolute atomic E-state index is 0.837. The lowest BCUT2D eigenvalue weighted by molar-refractivity contribution is 0.488. The van der Waals surface area contributed by atoms with Gasteiger partial charge in [0, 0.05) is 11.1 Å². The van der Waals surface area contributed by atoms with Gasteiger partial charge in [0.15, 0.2) is 16.1 Å². The number of benzene rings is 9. The predicted molar refractivity (Wildman–Crippen MR) is 273 cm³/mol. The van der Waals surface area contributed by atoms with E-state index in [0.717, 1.165) is 56.6 Å². The molecule has 0 unspecified atom stereocenters. The molecule has 5 heteroatoms. The van der Waals surface area contributed by atoms with Crippen LogP contribution in [-0.2, 0) is 0 Å². The normalized spacial score (nSPS) is 13.8. The van der Waals surface area contributed by atoms with E-state index >= 15 is 0 Å². The van der Waals surface area contributed by atoms with Crippen LogP contribution in [0.1, 0.15) is 5.56 Å². The van der Waals surface area contributed by atoms with E-state index in [9.17, 15) is 0 Å². The van der Waals surface area contributed by atoms with Crippen LogP contribution in [0.15, 0.2) is 243 Å². The molecule has 0 aliphatic carbocycles. The average Bonchev–Trinajstić information content (AvgIpc) is 3.38. The van der Waals surface area contributed by atoms with Crippen molar-refractivity contribution in [3.8, 4) is 56.6 Å². The number of hydrogen-bond acceptors (Lipinski definition) is 3. The fourth-order valence-electron chi connectivity index (χ4n) is 10.7. The van der Waals surface area contributed by atoms with Crippen molar-refractivity contribution in [1.29, 1.82) is 0 Å². The van der Waals surface area contributed by atoms with Gasteiger partial charge in [-0.2, -0.15) is 0 Å². The number of aryl methyl sites for hydroxylation is 1. The van der Waals surface area contributed by atoms with Crippen LogP contribution in [-0.4, -0.2) is 21.1 Å². The molecule has 0 radical (unpaired) electrons. The molecule has 308 valence electrons. The van der Waals surface area contributed by atoms with Crippen LogP contribution in [0.5, 0.6) is 23.0 Å². The molecule has 0 atom stereocenters. The summed E-state index contributed by atoms with van der Waals surface area (Å²) in [6, 6.07) is 88.0. The monoisotopic (exact) mass is 865 g/mol. The molecule has 2 aliphatic heterocycles. The second-order valence-electron chi connectivity index (χ2n) is 17.0. The van der Waals surface area contributed by atoms with Gasteiger partial charge in [-0.15, -0.1) is 0 Å². The van der Waals surface area contributed by atoms with Crippen molar-refractivity contribution in [2.24, 2.45) is 0 Å². The van der Waals surface area contributed by atoms with Crippen molar-refractivity contribution in [3.63, 3.8) is 0 Å². The minimum atomic E-state index is -2.91. The number of aromatic nitrogens is 1. The molecule has 0 amide bonds. The molecular formula is C60H43NO2Si2. The zero-order valence-electron chi connectivity index (χ0n) is 35.9. The van der Waals surface area contributed by atoms with Crippen LogP contribution in [0.4, 0.5) is 0 Å². The third kappa shape index (κ3) is 6.04. The molecule has 0 saturated heterocycles. The fourth-order valence-corrected chi connectivity index (χ4v) is 20.7. The number of rotatable bonds is 7. The van der Waals surface area contributed by atoms with Gasteiger partial charge in [-0.3, -0.25) is 0 Å². The first kappa shape index (κ1) is 38.8. The quantitative estimate of drug-likeness (QED) is 0.150. The van der Waals surface area contributed by atoms with Crippen molar-refractivity contribution in [2.45, 2.75) is 6.92 Å². The highest BCUT2D eigenvalue weighted by molar-refractivity contribution is 7.21. The van der Waals surface area contributed by atoms with Crippen LogP contribution in [0, 0.1) is 6.92 Å². The standard InChI is InChI=1S/C60H43NO2Si2/c1-42-22-14-15-31-48(42)43-40-51(49-32-20-38-57-59(49)62-53-34-16-18-36-55(53)64(57,44-23-6-2-7-24-44)45-25-8-3-9-26-45)61-52(41-43)50-33-21-39-58-60(50)63-54-35-17-19-37-56(54)65(58,46-27-10-4-11-28-46)47-29-12-5-13-30-47/h2-41H,1H3. The zero-order chi connectivity index (χ0) is 43.4. The summed E-state index contributed by atoms with van der Waals surface area (Å²) in [5.74, 6) is 3.47. The van der Waals surface area contributed by atoms with Crippen molar-refractivity contribution in [1.82, 2.24) is 4.98 Å². The molecule has 0 saturated carbocycles. The summed E-state index contributed by atoms with van der Waals surface area (Å²) in [4.78, 5) is 5.71.